The van der Waals surface area contributed by atoms with Gasteiger partial charge in [-0.2, -0.15) is 0 Å². The first kappa shape index (κ1) is 21.0. The maximum atomic E-state index is 12.5. The van der Waals surface area contributed by atoms with Crippen LogP contribution < -0.4 is 10.1 Å². The second-order valence-corrected chi connectivity index (χ2v) is 7.57. The molecule has 3 heteroatoms. The molecule has 0 aromatic heterocycles. The van der Waals surface area contributed by atoms with Gasteiger partial charge in [-0.05, 0) is 61.8 Å². The zero-order valence-electron chi connectivity index (χ0n) is 17.3. The monoisotopic (exact) mass is 367 g/mol. The average Bonchev–Trinajstić information content (AvgIpc) is 2.65. The molecule has 3 nitrogen and oxygen atoms in total. The minimum atomic E-state index is -0.447. The van der Waals surface area contributed by atoms with Gasteiger partial charge < -0.3 is 10.1 Å². The van der Waals surface area contributed by atoms with E-state index < -0.39 is 6.10 Å². The number of ether oxygens (including phenoxy) is 1. The fourth-order valence-corrected chi connectivity index (χ4v) is 3.09. The summed E-state index contributed by atoms with van der Waals surface area (Å²) in [6.45, 7) is 11.1. The van der Waals surface area contributed by atoms with Crippen molar-refractivity contribution in [1.82, 2.24) is 5.32 Å². The van der Waals surface area contributed by atoms with E-state index in [1.807, 2.05) is 26.0 Å². The van der Waals surface area contributed by atoms with Crippen LogP contribution in [0.15, 0.2) is 42.5 Å². The topological polar surface area (TPSA) is 38.3 Å². The molecule has 27 heavy (non-hydrogen) atoms. The van der Waals surface area contributed by atoms with Gasteiger partial charge in [0.2, 0.25) is 0 Å². The zero-order chi connectivity index (χ0) is 19.8. The number of hydrogen-bond acceptors (Lipinski definition) is 2. The molecule has 0 aliphatic heterocycles. The number of carbonyl (C=O) groups is 1. The molecule has 1 unspecified atom stereocenters. The Morgan fingerprint density at radius 1 is 1.07 bits per heavy atom. The number of carbonyl (C=O) groups excluding carboxylic acids is 1. The highest BCUT2D eigenvalue weighted by molar-refractivity contribution is 5.81. The van der Waals surface area contributed by atoms with Gasteiger partial charge in [-0.15, -0.1) is 0 Å². The van der Waals surface area contributed by atoms with Gasteiger partial charge in [0.1, 0.15) is 5.75 Å². The Morgan fingerprint density at radius 2 is 1.78 bits per heavy atom. The summed E-state index contributed by atoms with van der Waals surface area (Å²) in [6, 6.07) is 14.8. The van der Waals surface area contributed by atoms with Crippen LogP contribution in [0.3, 0.4) is 0 Å². The molecule has 2 rings (SSSR count). The van der Waals surface area contributed by atoms with Crippen molar-refractivity contribution in [3.63, 3.8) is 0 Å². The number of aryl methyl sites for hydroxylation is 3. The molecule has 0 spiro atoms. The van der Waals surface area contributed by atoms with E-state index in [9.17, 15) is 4.79 Å². The van der Waals surface area contributed by atoms with Gasteiger partial charge in [0.25, 0.3) is 5.91 Å². The molecular formula is C24H33NO2. The Hall–Kier alpha value is -2.29. The normalized spacial score (nSPS) is 12.1. The van der Waals surface area contributed by atoms with Crippen molar-refractivity contribution < 1.29 is 9.53 Å². The summed E-state index contributed by atoms with van der Waals surface area (Å²) >= 11 is 0. The van der Waals surface area contributed by atoms with Crippen molar-refractivity contribution in [2.45, 2.75) is 65.9 Å². The second-order valence-electron chi connectivity index (χ2n) is 7.57. The van der Waals surface area contributed by atoms with E-state index in [1.165, 1.54) is 16.7 Å². The van der Waals surface area contributed by atoms with Crippen molar-refractivity contribution in [2.24, 2.45) is 0 Å². The predicted octanol–water partition coefficient (Wildman–Crippen LogP) is 5.33. The van der Waals surface area contributed by atoms with E-state index in [1.54, 1.807) is 0 Å². The largest absolute Gasteiger partial charge is 0.480 e. The van der Waals surface area contributed by atoms with Crippen LogP contribution in [-0.4, -0.2) is 18.6 Å². The second kappa shape index (κ2) is 10.1. The quantitative estimate of drug-likeness (QED) is 0.608. The Morgan fingerprint density at radius 3 is 2.37 bits per heavy atom. The number of nitrogens with one attached hydrogen (secondary N) is 1. The minimum Gasteiger partial charge on any atom is -0.480 e. The highest BCUT2D eigenvalue weighted by Gasteiger charge is 2.18. The van der Waals surface area contributed by atoms with Gasteiger partial charge >= 0.3 is 0 Å². The molecule has 146 valence electrons. The lowest BCUT2D eigenvalue weighted by Gasteiger charge is -2.19. The molecule has 0 aliphatic rings. The van der Waals surface area contributed by atoms with Crippen LogP contribution in [-0.2, 0) is 11.2 Å². The lowest BCUT2D eigenvalue weighted by Crippen LogP contribution is -2.38. The summed E-state index contributed by atoms with van der Waals surface area (Å²) in [4.78, 5) is 12.5. The van der Waals surface area contributed by atoms with Crippen LogP contribution >= 0.6 is 0 Å². The van der Waals surface area contributed by atoms with E-state index in [0.29, 0.717) is 18.9 Å². The van der Waals surface area contributed by atoms with Crippen LogP contribution in [0.1, 0.15) is 61.8 Å². The molecule has 1 amide bonds. The molecule has 0 aliphatic carbocycles. The average molecular weight is 368 g/mol. The van der Waals surface area contributed by atoms with E-state index >= 15 is 0 Å². The van der Waals surface area contributed by atoms with Crippen LogP contribution in [0, 0.1) is 13.8 Å². The van der Waals surface area contributed by atoms with E-state index in [4.69, 9.17) is 4.74 Å². The van der Waals surface area contributed by atoms with Crippen LogP contribution in [0.5, 0.6) is 5.75 Å². The standard InChI is InChI=1S/C24H33NO2/c1-6-22(27-23-14-9-18(4)16-19(23)5)24(26)25-15-7-8-20-10-12-21(13-11-20)17(2)3/h9-14,16-17,22H,6-8,15H2,1-5H3,(H,25,26). The lowest BCUT2D eigenvalue weighted by molar-refractivity contribution is -0.128. The van der Waals surface area contributed by atoms with Crippen molar-refractivity contribution in [2.75, 3.05) is 6.54 Å². The number of hydrogen-bond donors (Lipinski definition) is 1. The number of amides is 1. The van der Waals surface area contributed by atoms with Crippen molar-refractivity contribution in [3.8, 4) is 5.75 Å². The molecule has 0 saturated heterocycles. The Bertz CT molecular complexity index is 735. The number of benzene rings is 2. The zero-order valence-corrected chi connectivity index (χ0v) is 17.3. The summed E-state index contributed by atoms with van der Waals surface area (Å²) in [5, 5.41) is 3.02. The molecule has 0 bridgehead atoms. The molecule has 0 radical (unpaired) electrons. The lowest BCUT2D eigenvalue weighted by atomic mass is 10.0. The fraction of sp³-hybridized carbons (Fsp3) is 0.458. The Balaban J connectivity index is 1.79. The Labute approximate surface area is 164 Å². The molecule has 0 saturated carbocycles. The van der Waals surface area contributed by atoms with Crippen molar-refractivity contribution >= 4 is 5.91 Å². The van der Waals surface area contributed by atoms with E-state index in [0.717, 1.165) is 24.2 Å². The van der Waals surface area contributed by atoms with Gasteiger partial charge in [-0.25, -0.2) is 0 Å². The van der Waals surface area contributed by atoms with E-state index in [-0.39, 0.29) is 5.91 Å². The first-order valence-electron chi connectivity index (χ1n) is 10.0. The number of rotatable bonds is 9. The van der Waals surface area contributed by atoms with Crippen LogP contribution in [0.25, 0.3) is 0 Å². The molecular weight excluding hydrogens is 334 g/mol. The smallest absolute Gasteiger partial charge is 0.261 e. The summed E-state index contributed by atoms with van der Waals surface area (Å²) in [7, 11) is 0. The fourth-order valence-electron chi connectivity index (χ4n) is 3.09. The van der Waals surface area contributed by atoms with E-state index in [2.05, 4.69) is 56.4 Å². The summed E-state index contributed by atoms with van der Waals surface area (Å²) < 4.78 is 5.95. The third-order valence-electron chi connectivity index (χ3n) is 4.85. The first-order chi connectivity index (χ1) is 12.9. The third kappa shape index (κ3) is 6.42. The summed E-state index contributed by atoms with van der Waals surface area (Å²) in [5.74, 6) is 1.31. The molecule has 2 aromatic carbocycles. The molecule has 0 heterocycles. The third-order valence-corrected chi connectivity index (χ3v) is 4.85. The highest BCUT2D eigenvalue weighted by Crippen LogP contribution is 2.21. The SMILES string of the molecule is CCC(Oc1ccc(C)cc1C)C(=O)NCCCc1ccc(C(C)C)cc1. The van der Waals surface area contributed by atoms with Gasteiger partial charge in [0.15, 0.2) is 6.10 Å². The predicted molar refractivity (Wildman–Crippen MR) is 112 cm³/mol. The summed E-state index contributed by atoms with van der Waals surface area (Å²) in [5.41, 5.74) is 4.93. The Kier molecular flexibility index (Phi) is 7.90. The van der Waals surface area contributed by atoms with Crippen LogP contribution in [0.2, 0.25) is 0 Å². The van der Waals surface area contributed by atoms with Crippen molar-refractivity contribution in [1.29, 1.82) is 0 Å². The van der Waals surface area contributed by atoms with Gasteiger partial charge in [-0.1, -0.05) is 62.7 Å². The molecule has 2 aromatic rings. The van der Waals surface area contributed by atoms with Gasteiger partial charge in [-0.3, -0.25) is 4.79 Å². The maximum absolute atomic E-state index is 12.5. The maximum Gasteiger partial charge on any atom is 0.261 e. The summed E-state index contributed by atoms with van der Waals surface area (Å²) in [6.07, 6.45) is 2.09. The minimum absolute atomic E-state index is 0.0346. The highest BCUT2D eigenvalue weighted by atomic mass is 16.5. The molecule has 1 N–H and O–H groups in total. The molecule has 1 atom stereocenters. The first-order valence-corrected chi connectivity index (χ1v) is 10.0. The van der Waals surface area contributed by atoms with Crippen molar-refractivity contribution in [3.05, 3.63) is 64.7 Å². The van der Waals surface area contributed by atoms with Gasteiger partial charge in [0.05, 0.1) is 0 Å². The molecule has 0 fully saturated rings. The van der Waals surface area contributed by atoms with Gasteiger partial charge in [0, 0.05) is 6.54 Å². The van der Waals surface area contributed by atoms with Crippen LogP contribution in [0.4, 0.5) is 0 Å².